The maximum Gasteiger partial charge on any atom is 0.245 e. The highest BCUT2D eigenvalue weighted by atomic mass is 32.2. The summed E-state index contributed by atoms with van der Waals surface area (Å²) in [7, 11) is -3.56. The monoisotopic (exact) mass is 298 g/mol. The van der Waals surface area contributed by atoms with Crippen molar-refractivity contribution in [2.75, 3.05) is 25.4 Å². The van der Waals surface area contributed by atoms with Crippen molar-refractivity contribution >= 4 is 15.7 Å². The summed E-state index contributed by atoms with van der Waals surface area (Å²) in [5.41, 5.74) is 7.83. The Labute approximate surface area is 120 Å². The number of hydrogen-bond acceptors (Lipinski definition) is 4. The van der Waals surface area contributed by atoms with Gasteiger partial charge in [0.25, 0.3) is 0 Å². The largest absolute Gasteiger partial charge is 0.397 e. The lowest BCUT2D eigenvalue weighted by atomic mass is 10.1. The topological polar surface area (TPSA) is 72.6 Å². The van der Waals surface area contributed by atoms with Crippen molar-refractivity contribution < 1.29 is 13.2 Å². The Morgan fingerprint density at radius 2 is 2.00 bits per heavy atom. The first-order valence-electron chi connectivity index (χ1n) is 6.85. The summed E-state index contributed by atoms with van der Waals surface area (Å²) < 4.78 is 32.7. The molecule has 20 heavy (non-hydrogen) atoms. The molecule has 5 nitrogen and oxygen atoms in total. The number of nitrogens with zero attached hydrogens (tertiary/aromatic N) is 1. The fourth-order valence-corrected chi connectivity index (χ4v) is 4.29. The zero-order valence-electron chi connectivity index (χ0n) is 12.2. The van der Waals surface area contributed by atoms with Gasteiger partial charge >= 0.3 is 0 Å². The molecule has 1 unspecified atom stereocenters. The summed E-state index contributed by atoms with van der Waals surface area (Å²) >= 11 is 0. The average Bonchev–Trinajstić information content (AvgIpc) is 2.43. The standard InChI is InChI=1S/C14H22N2O3S/c1-4-12-9-16(7-8-19-12)20(17,18)14-11(3)6-5-10(2)13(14)15/h5-6,12H,4,7-9,15H2,1-3H3. The molecule has 112 valence electrons. The Bertz CT molecular complexity index is 599. The fourth-order valence-electron chi connectivity index (χ4n) is 2.44. The minimum atomic E-state index is -3.56. The SMILES string of the molecule is CCC1CN(S(=O)(=O)c2c(C)ccc(C)c2N)CCO1. The van der Waals surface area contributed by atoms with E-state index in [2.05, 4.69) is 0 Å². The van der Waals surface area contributed by atoms with Crippen molar-refractivity contribution in [2.24, 2.45) is 0 Å². The minimum absolute atomic E-state index is 0.0372. The van der Waals surface area contributed by atoms with Crippen LogP contribution in [0.25, 0.3) is 0 Å². The van der Waals surface area contributed by atoms with Crippen LogP contribution in [0.2, 0.25) is 0 Å². The van der Waals surface area contributed by atoms with E-state index in [1.54, 1.807) is 13.0 Å². The quantitative estimate of drug-likeness (QED) is 0.862. The molecule has 0 saturated carbocycles. The molecule has 1 atom stereocenters. The van der Waals surface area contributed by atoms with E-state index in [1.807, 2.05) is 19.9 Å². The molecule has 2 N–H and O–H groups in total. The van der Waals surface area contributed by atoms with Crippen LogP contribution in [0.4, 0.5) is 5.69 Å². The van der Waals surface area contributed by atoms with E-state index in [9.17, 15) is 8.42 Å². The Kier molecular flexibility index (Phi) is 4.36. The van der Waals surface area contributed by atoms with Crippen molar-refractivity contribution in [1.82, 2.24) is 4.31 Å². The normalized spacial score (nSPS) is 21.1. The number of morpholine rings is 1. The van der Waals surface area contributed by atoms with Gasteiger partial charge in [0.05, 0.1) is 18.4 Å². The van der Waals surface area contributed by atoms with Crippen LogP contribution in [0.1, 0.15) is 24.5 Å². The zero-order chi connectivity index (χ0) is 14.9. The number of benzene rings is 1. The van der Waals surface area contributed by atoms with Crippen molar-refractivity contribution in [1.29, 1.82) is 0 Å². The van der Waals surface area contributed by atoms with Gasteiger partial charge in [0.15, 0.2) is 0 Å². The zero-order valence-corrected chi connectivity index (χ0v) is 13.0. The molecule has 1 heterocycles. The molecule has 0 amide bonds. The van der Waals surface area contributed by atoms with Crippen LogP contribution in [0.5, 0.6) is 0 Å². The molecular formula is C14H22N2O3S. The van der Waals surface area contributed by atoms with Crippen LogP contribution in [-0.4, -0.2) is 38.5 Å². The van der Waals surface area contributed by atoms with Gasteiger partial charge in [-0.25, -0.2) is 8.42 Å². The van der Waals surface area contributed by atoms with E-state index in [1.165, 1.54) is 4.31 Å². The summed E-state index contributed by atoms with van der Waals surface area (Å²) in [6.07, 6.45) is 0.763. The predicted octanol–water partition coefficient (Wildman–Crippen LogP) is 1.69. The van der Waals surface area contributed by atoms with E-state index in [-0.39, 0.29) is 11.0 Å². The van der Waals surface area contributed by atoms with Crippen molar-refractivity contribution in [3.05, 3.63) is 23.3 Å². The smallest absolute Gasteiger partial charge is 0.245 e. The highest BCUT2D eigenvalue weighted by Gasteiger charge is 2.32. The molecule has 1 fully saturated rings. The van der Waals surface area contributed by atoms with Crippen LogP contribution in [0, 0.1) is 13.8 Å². The first-order valence-corrected chi connectivity index (χ1v) is 8.29. The van der Waals surface area contributed by atoms with Crippen LogP contribution < -0.4 is 5.73 Å². The number of aryl methyl sites for hydroxylation is 2. The van der Waals surface area contributed by atoms with Gasteiger partial charge in [0.2, 0.25) is 10.0 Å². The van der Waals surface area contributed by atoms with Crippen molar-refractivity contribution in [3.8, 4) is 0 Å². The molecular weight excluding hydrogens is 276 g/mol. The van der Waals surface area contributed by atoms with Gasteiger partial charge in [-0.15, -0.1) is 0 Å². The van der Waals surface area contributed by atoms with Crippen molar-refractivity contribution in [2.45, 2.75) is 38.2 Å². The molecule has 1 aliphatic heterocycles. The Morgan fingerprint density at radius 3 is 2.65 bits per heavy atom. The minimum Gasteiger partial charge on any atom is -0.397 e. The number of ether oxygens (including phenoxy) is 1. The fraction of sp³-hybridized carbons (Fsp3) is 0.571. The lowest BCUT2D eigenvalue weighted by Gasteiger charge is -2.32. The molecule has 0 aromatic heterocycles. The van der Waals surface area contributed by atoms with E-state index >= 15 is 0 Å². The Morgan fingerprint density at radius 1 is 1.35 bits per heavy atom. The number of nitrogen functional groups attached to an aromatic ring is 1. The molecule has 1 aromatic rings. The Hall–Kier alpha value is -1.11. The van der Waals surface area contributed by atoms with E-state index < -0.39 is 10.0 Å². The first kappa shape index (κ1) is 15.3. The van der Waals surface area contributed by atoms with Crippen LogP contribution >= 0.6 is 0 Å². The summed E-state index contributed by atoms with van der Waals surface area (Å²) in [5.74, 6) is 0. The molecule has 2 rings (SSSR count). The molecule has 0 spiro atoms. The van der Waals surface area contributed by atoms with Gasteiger partial charge in [0, 0.05) is 13.1 Å². The maximum absolute atomic E-state index is 12.8. The lowest BCUT2D eigenvalue weighted by molar-refractivity contribution is -0.00277. The van der Waals surface area contributed by atoms with E-state index in [0.29, 0.717) is 30.9 Å². The second kappa shape index (κ2) is 5.71. The van der Waals surface area contributed by atoms with Gasteiger partial charge in [-0.3, -0.25) is 0 Å². The highest BCUT2D eigenvalue weighted by molar-refractivity contribution is 7.89. The number of rotatable bonds is 3. The summed E-state index contributed by atoms with van der Waals surface area (Å²) in [6, 6.07) is 3.65. The lowest BCUT2D eigenvalue weighted by Crippen LogP contribution is -2.45. The molecule has 0 radical (unpaired) electrons. The van der Waals surface area contributed by atoms with Crippen LogP contribution in [0.15, 0.2) is 17.0 Å². The second-order valence-electron chi connectivity index (χ2n) is 5.21. The molecule has 1 aromatic carbocycles. The van der Waals surface area contributed by atoms with Gasteiger partial charge in [-0.1, -0.05) is 19.1 Å². The second-order valence-corrected chi connectivity index (χ2v) is 7.08. The summed E-state index contributed by atoms with van der Waals surface area (Å²) in [6.45, 7) is 6.80. The van der Waals surface area contributed by atoms with Gasteiger partial charge in [0.1, 0.15) is 4.90 Å². The summed E-state index contributed by atoms with van der Waals surface area (Å²) in [4.78, 5) is 0.245. The van der Waals surface area contributed by atoms with Gasteiger partial charge in [-0.05, 0) is 31.4 Å². The number of hydrogen-bond donors (Lipinski definition) is 1. The number of nitrogens with two attached hydrogens (primary N) is 1. The highest BCUT2D eigenvalue weighted by Crippen LogP contribution is 2.29. The molecule has 1 saturated heterocycles. The van der Waals surface area contributed by atoms with Gasteiger partial charge < -0.3 is 10.5 Å². The third-order valence-corrected chi connectivity index (χ3v) is 5.83. The number of anilines is 1. The third kappa shape index (κ3) is 2.68. The molecule has 6 heteroatoms. The summed E-state index contributed by atoms with van der Waals surface area (Å²) in [5, 5.41) is 0. The van der Waals surface area contributed by atoms with Gasteiger partial charge in [-0.2, -0.15) is 4.31 Å². The van der Waals surface area contributed by atoms with Crippen LogP contribution in [-0.2, 0) is 14.8 Å². The molecule has 0 aliphatic carbocycles. The van der Waals surface area contributed by atoms with Crippen LogP contribution in [0.3, 0.4) is 0 Å². The predicted molar refractivity (Wildman–Crippen MR) is 79.1 cm³/mol. The Balaban J connectivity index is 2.43. The van der Waals surface area contributed by atoms with E-state index in [0.717, 1.165) is 12.0 Å². The third-order valence-electron chi connectivity index (χ3n) is 3.77. The molecule has 0 bridgehead atoms. The molecule has 1 aliphatic rings. The van der Waals surface area contributed by atoms with E-state index in [4.69, 9.17) is 10.5 Å². The first-order chi connectivity index (χ1) is 9.37. The maximum atomic E-state index is 12.8. The average molecular weight is 298 g/mol. The number of sulfonamides is 1. The van der Waals surface area contributed by atoms with Crippen molar-refractivity contribution in [3.63, 3.8) is 0 Å².